The number of nitrogens with zero attached hydrogens (tertiary/aromatic N) is 2. The van der Waals surface area contributed by atoms with E-state index in [1.165, 1.54) is 5.56 Å². The van der Waals surface area contributed by atoms with Gasteiger partial charge < -0.3 is 24.6 Å². The van der Waals surface area contributed by atoms with E-state index >= 15 is 0 Å². The minimum absolute atomic E-state index is 0. The minimum atomic E-state index is -0.0851. The van der Waals surface area contributed by atoms with Gasteiger partial charge in [0.15, 0.2) is 0 Å². The Morgan fingerprint density at radius 3 is 2.41 bits per heavy atom. The van der Waals surface area contributed by atoms with Crippen LogP contribution in [0.15, 0.2) is 72.8 Å². The van der Waals surface area contributed by atoms with Crippen LogP contribution in [0.4, 0.5) is 0 Å². The van der Waals surface area contributed by atoms with Crippen molar-refractivity contribution < 1.29 is 14.6 Å². The highest BCUT2D eigenvalue weighted by atomic mass is 35.5. The maximum absolute atomic E-state index is 13.6. The zero-order valence-electron chi connectivity index (χ0n) is 21.3. The molecule has 0 bridgehead atoms. The number of piperidine rings is 1. The number of methoxy groups -OCH3 is 1. The molecule has 0 saturated carbocycles. The zero-order chi connectivity index (χ0) is 25.1. The first-order chi connectivity index (χ1) is 17.5. The number of phenolic OH excluding ortho intramolecular Hbond substituents is 1. The standard InChI is InChI=1S/C30H33N3O3.ClH/c1-21-29(27-20-25(34)10-13-28(27)33(21)24-8-11-26(36-2)12-9-24)30(35)31-23-15-18-32(19-16-23)17-14-22-6-4-3-5-7-22;/h3-13,20,23,34H,14-19H2,1-2H3,(H,31,35);1H. The van der Waals surface area contributed by atoms with Gasteiger partial charge in [-0.05, 0) is 74.2 Å². The van der Waals surface area contributed by atoms with E-state index < -0.39 is 0 Å². The highest BCUT2D eigenvalue weighted by molar-refractivity contribution is 6.09. The fraction of sp³-hybridized carbons (Fsp3) is 0.300. The number of benzene rings is 3. The Balaban J connectivity index is 0.00000320. The SMILES string of the molecule is COc1ccc(-n2c(C)c(C(=O)NC3CCN(CCc4ccccc4)CC3)c3cc(O)ccc32)cc1.Cl. The van der Waals surface area contributed by atoms with Crippen molar-refractivity contribution in [3.63, 3.8) is 0 Å². The first-order valence-corrected chi connectivity index (χ1v) is 12.6. The molecule has 1 fully saturated rings. The average molecular weight is 520 g/mol. The number of aromatic hydroxyl groups is 1. The Bertz CT molecular complexity index is 1340. The van der Waals surface area contributed by atoms with E-state index in [1.54, 1.807) is 19.2 Å². The Morgan fingerprint density at radius 1 is 1.03 bits per heavy atom. The summed E-state index contributed by atoms with van der Waals surface area (Å²) in [6.07, 6.45) is 2.91. The fourth-order valence-corrected chi connectivity index (χ4v) is 5.25. The molecule has 1 aromatic heterocycles. The summed E-state index contributed by atoms with van der Waals surface area (Å²) in [5.74, 6) is 0.840. The number of carbonyl (C=O) groups excluding carboxylic acids is 1. The lowest BCUT2D eigenvalue weighted by atomic mass is 10.0. The van der Waals surface area contributed by atoms with E-state index in [4.69, 9.17) is 4.74 Å². The average Bonchev–Trinajstić information content (AvgIpc) is 3.19. The molecule has 0 aliphatic carbocycles. The molecule has 37 heavy (non-hydrogen) atoms. The monoisotopic (exact) mass is 519 g/mol. The molecule has 3 aromatic carbocycles. The van der Waals surface area contributed by atoms with Crippen LogP contribution < -0.4 is 10.1 Å². The first kappa shape index (κ1) is 26.6. The van der Waals surface area contributed by atoms with Crippen molar-refractivity contribution in [1.29, 1.82) is 0 Å². The van der Waals surface area contributed by atoms with Crippen LogP contribution in [-0.2, 0) is 6.42 Å². The van der Waals surface area contributed by atoms with Gasteiger partial charge in [-0.2, -0.15) is 0 Å². The molecule has 2 N–H and O–H groups in total. The number of phenols is 1. The van der Waals surface area contributed by atoms with E-state index in [1.807, 2.05) is 37.3 Å². The Morgan fingerprint density at radius 2 is 1.73 bits per heavy atom. The maximum Gasteiger partial charge on any atom is 0.253 e. The lowest BCUT2D eigenvalue weighted by molar-refractivity contribution is 0.0912. The summed E-state index contributed by atoms with van der Waals surface area (Å²) in [7, 11) is 1.64. The molecule has 6 nitrogen and oxygen atoms in total. The number of hydrogen-bond donors (Lipinski definition) is 2. The molecule has 1 aliphatic rings. The van der Waals surface area contributed by atoms with Gasteiger partial charge in [-0.3, -0.25) is 4.79 Å². The molecule has 0 atom stereocenters. The van der Waals surface area contributed by atoms with E-state index in [0.717, 1.165) is 66.9 Å². The molecule has 1 saturated heterocycles. The highest BCUT2D eigenvalue weighted by Gasteiger charge is 2.25. The normalized spacial score (nSPS) is 14.3. The number of hydrogen-bond acceptors (Lipinski definition) is 4. The predicted molar refractivity (Wildman–Crippen MR) is 151 cm³/mol. The second-order valence-corrected chi connectivity index (χ2v) is 9.52. The van der Waals surface area contributed by atoms with E-state index in [2.05, 4.69) is 45.1 Å². The molecule has 2 heterocycles. The van der Waals surface area contributed by atoms with Gasteiger partial charge in [0.05, 0.1) is 18.2 Å². The largest absolute Gasteiger partial charge is 0.508 e. The van der Waals surface area contributed by atoms with Crippen LogP contribution in [0.2, 0.25) is 0 Å². The van der Waals surface area contributed by atoms with Crippen molar-refractivity contribution in [2.75, 3.05) is 26.7 Å². The lowest BCUT2D eigenvalue weighted by Gasteiger charge is -2.32. The summed E-state index contributed by atoms with van der Waals surface area (Å²) in [6, 6.07) is 23.7. The molecule has 7 heteroatoms. The third-order valence-electron chi connectivity index (χ3n) is 7.23. The van der Waals surface area contributed by atoms with Crippen molar-refractivity contribution in [2.45, 2.75) is 32.2 Å². The van der Waals surface area contributed by atoms with Crippen LogP contribution in [0.1, 0.15) is 34.5 Å². The van der Waals surface area contributed by atoms with Crippen LogP contribution in [-0.4, -0.2) is 53.3 Å². The Hall–Kier alpha value is -3.48. The number of carbonyl (C=O) groups is 1. The molecule has 0 unspecified atom stereocenters. The van der Waals surface area contributed by atoms with Gasteiger partial charge in [-0.1, -0.05) is 30.3 Å². The van der Waals surface area contributed by atoms with Gasteiger partial charge in [0.2, 0.25) is 0 Å². The zero-order valence-corrected chi connectivity index (χ0v) is 22.1. The molecule has 4 aromatic rings. The highest BCUT2D eigenvalue weighted by Crippen LogP contribution is 2.32. The number of ether oxygens (including phenoxy) is 1. The van der Waals surface area contributed by atoms with Gasteiger partial charge in [0, 0.05) is 42.4 Å². The van der Waals surface area contributed by atoms with Crippen molar-refractivity contribution in [2.24, 2.45) is 0 Å². The molecule has 5 rings (SSSR count). The predicted octanol–water partition coefficient (Wildman–Crippen LogP) is 5.51. The van der Waals surface area contributed by atoms with Gasteiger partial charge >= 0.3 is 0 Å². The summed E-state index contributed by atoms with van der Waals surface area (Å²) in [6.45, 7) is 4.96. The molecule has 1 amide bonds. The second kappa shape index (κ2) is 11.7. The number of nitrogens with one attached hydrogen (secondary N) is 1. The van der Waals surface area contributed by atoms with Crippen LogP contribution in [0.5, 0.6) is 11.5 Å². The van der Waals surface area contributed by atoms with Crippen LogP contribution in [0.25, 0.3) is 16.6 Å². The van der Waals surface area contributed by atoms with Crippen molar-refractivity contribution in [1.82, 2.24) is 14.8 Å². The van der Waals surface area contributed by atoms with Crippen LogP contribution in [0.3, 0.4) is 0 Å². The van der Waals surface area contributed by atoms with Crippen LogP contribution in [0, 0.1) is 6.92 Å². The van der Waals surface area contributed by atoms with Gasteiger partial charge in [0.25, 0.3) is 5.91 Å². The van der Waals surface area contributed by atoms with E-state index in [0.29, 0.717) is 5.56 Å². The molecule has 0 radical (unpaired) electrons. The van der Waals surface area contributed by atoms with E-state index in [9.17, 15) is 9.90 Å². The number of likely N-dealkylation sites (tertiary alicyclic amines) is 1. The third kappa shape index (κ3) is 5.76. The van der Waals surface area contributed by atoms with Gasteiger partial charge in [-0.15, -0.1) is 12.4 Å². The molecule has 0 spiro atoms. The van der Waals surface area contributed by atoms with E-state index in [-0.39, 0.29) is 30.1 Å². The minimum Gasteiger partial charge on any atom is -0.508 e. The van der Waals surface area contributed by atoms with Crippen molar-refractivity contribution in [3.05, 3.63) is 89.6 Å². The second-order valence-electron chi connectivity index (χ2n) is 9.52. The first-order valence-electron chi connectivity index (χ1n) is 12.6. The number of fused-ring (bicyclic) bond motifs is 1. The maximum atomic E-state index is 13.6. The lowest BCUT2D eigenvalue weighted by Crippen LogP contribution is -2.45. The number of aromatic nitrogens is 1. The quantitative estimate of drug-likeness (QED) is 0.338. The fourth-order valence-electron chi connectivity index (χ4n) is 5.25. The Kier molecular flexibility index (Phi) is 8.41. The van der Waals surface area contributed by atoms with Crippen molar-refractivity contribution in [3.8, 4) is 17.2 Å². The number of halogens is 1. The van der Waals surface area contributed by atoms with Gasteiger partial charge in [-0.25, -0.2) is 0 Å². The summed E-state index contributed by atoms with van der Waals surface area (Å²) >= 11 is 0. The van der Waals surface area contributed by atoms with Crippen molar-refractivity contribution >= 4 is 29.2 Å². The van der Waals surface area contributed by atoms with Crippen LogP contribution >= 0.6 is 12.4 Å². The summed E-state index contributed by atoms with van der Waals surface area (Å²) in [5.41, 5.74) is 4.65. The topological polar surface area (TPSA) is 66.7 Å². The molecule has 1 aliphatic heterocycles. The Labute approximate surface area is 224 Å². The number of amides is 1. The smallest absolute Gasteiger partial charge is 0.253 e. The summed E-state index contributed by atoms with van der Waals surface area (Å²) < 4.78 is 7.37. The number of rotatable bonds is 7. The molecule has 194 valence electrons. The van der Waals surface area contributed by atoms with Gasteiger partial charge in [0.1, 0.15) is 11.5 Å². The summed E-state index contributed by atoms with van der Waals surface area (Å²) in [4.78, 5) is 16.0. The molecular formula is C30H34ClN3O3. The molecular weight excluding hydrogens is 486 g/mol. The summed E-state index contributed by atoms with van der Waals surface area (Å²) in [5, 5.41) is 14.2. The third-order valence-corrected chi connectivity index (χ3v) is 7.23.